The lowest BCUT2D eigenvalue weighted by Crippen LogP contribution is -2.33. The first-order chi connectivity index (χ1) is 14.6. The fraction of sp³-hybridized carbons (Fsp3) is 0.360. The highest BCUT2D eigenvalue weighted by atomic mass is 16.4. The summed E-state index contributed by atoms with van der Waals surface area (Å²) in [6.45, 7) is 7.48. The molecule has 1 amide bonds. The highest BCUT2D eigenvalue weighted by molar-refractivity contribution is 5.92. The lowest BCUT2D eigenvalue weighted by molar-refractivity contribution is -0.115. The van der Waals surface area contributed by atoms with Gasteiger partial charge in [0, 0.05) is 24.3 Å². The maximum Gasteiger partial charge on any atom is 0.230 e. The maximum absolute atomic E-state index is 12.5. The van der Waals surface area contributed by atoms with Gasteiger partial charge < -0.3 is 9.73 Å². The minimum absolute atomic E-state index is 0.0939. The van der Waals surface area contributed by atoms with Gasteiger partial charge in [0.25, 0.3) is 0 Å². The number of hydrogen-bond donors (Lipinski definition) is 1. The average Bonchev–Trinajstić information content (AvgIpc) is 3.10. The molecule has 2 heterocycles. The number of carbonyl (C=O) groups excluding carboxylic acids is 1. The van der Waals surface area contributed by atoms with E-state index in [1.54, 1.807) is 0 Å². The van der Waals surface area contributed by atoms with E-state index in [0.717, 1.165) is 23.7 Å². The SMILES string of the molecule is Cc1oc(-c2ccccc2)nc1CC(=O)Nc1ccc(CN2CCC[C@H](C)C2)cc1. The Bertz CT molecular complexity index is 979. The molecule has 0 unspecified atom stereocenters. The number of amides is 1. The van der Waals surface area contributed by atoms with Gasteiger partial charge in [0.2, 0.25) is 11.8 Å². The molecule has 1 saturated heterocycles. The molecule has 5 nitrogen and oxygen atoms in total. The number of anilines is 1. The van der Waals surface area contributed by atoms with Crippen molar-refractivity contribution in [3.63, 3.8) is 0 Å². The van der Waals surface area contributed by atoms with Crippen LogP contribution in [0, 0.1) is 12.8 Å². The Morgan fingerprint density at radius 2 is 1.93 bits per heavy atom. The van der Waals surface area contributed by atoms with E-state index >= 15 is 0 Å². The number of aryl methyl sites for hydroxylation is 1. The third-order valence-electron chi connectivity index (χ3n) is 5.63. The van der Waals surface area contributed by atoms with Gasteiger partial charge in [-0.15, -0.1) is 0 Å². The van der Waals surface area contributed by atoms with Crippen molar-refractivity contribution in [2.24, 2.45) is 5.92 Å². The molecule has 0 radical (unpaired) electrons. The fourth-order valence-corrected chi connectivity index (χ4v) is 4.04. The lowest BCUT2D eigenvalue weighted by atomic mass is 10.00. The summed E-state index contributed by atoms with van der Waals surface area (Å²) in [6.07, 6.45) is 2.80. The largest absolute Gasteiger partial charge is 0.441 e. The van der Waals surface area contributed by atoms with Gasteiger partial charge in [0.15, 0.2) is 0 Å². The van der Waals surface area contributed by atoms with E-state index in [-0.39, 0.29) is 12.3 Å². The first kappa shape index (κ1) is 20.4. The number of rotatable bonds is 6. The third kappa shape index (κ3) is 5.16. The van der Waals surface area contributed by atoms with Crippen LogP contribution in [0.5, 0.6) is 0 Å². The summed E-state index contributed by atoms with van der Waals surface area (Å²) in [7, 11) is 0. The number of likely N-dealkylation sites (tertiary alicyclic amines) is 1. The molecule has 5 heteroatoms. The maximum atomic E-state index is 12.5. The van der Waals surface area contributed by atoms with E-state index in [9.17, 15) is 4.79 Å². The van der Waals surface area contributed by atoms with Crippen LogP contribution in [0.2, 0.25) is 0 Å². The molecule has 30 heavy (non-hydrogen) atoms. The first-order valence-electron chi connectivity index (χ1n) is 10.7. The summed E-state index contributed by atoms with van der Waals surface area (Å²) in [5, 5.41) is 2.97. The minimum atomic E-state index is -0.0939. The average molecular weight is 404 g/mol. The summed E-state index contributed by atoms with van der Waals surface area (Å²) < 4.78 is 5.75. The highest BCUT2D eigenvalue weighted by Gasteiger charge is 2.17. The van der Waals surface area contributed by atoms with Crippen molar-refractivity contribution < 1.29 is 9.21 Å². The van der Waals surface area contributed by atoms with E-state index < -0.39 is 0 Å². The van der Waals surface area contributed by atoms with Gasteiger partial charge in [-0.05, 0) is 62.1 Å². The molecular weight excluding hydrogens is 374 g/mol. The van der Waals surface area contributed by atoms with Crippen molar-refractivity contribution in [2.45, 2.75) is 39.7 Å². The zero-order chi connectivity index (χ0) is 20.9. The second-order valence-corrected chi connectivity index (χ2v) is 8.29. The normalized spacial score (nSPS) is 17.1. The number of oxazole rings is 1. The molecule has 0 saturated carbocycles. The molecule has 0 aliphatic carbocycles. The molecule has 2 aromatic carbocycles. The molecule has 1 aliphatic rings. The van der Waals surface area contributed by atoms with Gasteiger partial charge in [-0.25, -0.2) is 4.98 Å². The van der Waals surface area contributed by atoms with Crippen LogP contribution >= 0.6 is 0 Å². The van der Waals surface area contributed by atoms with Crippen molar-refractivity contribution >= 4 is 11.6 Å². The molecule has 1 atom stereocenters. The smallest absolute Gasteiger partial charge is 0.230 e. The molecule has 156 valence electrons. The van der Waals surface area contributed by atoms with Crippen molar-refractivity contribution in [2.75, 3.05) is 18.4 Å². The van der Waals surface area contributed by atoms with Gasteiger partial charge in [-0.1, -0.05) is 37.3 Å². The zero-order valence-electron chi connectivity index (χ0n) is 17.7. The van der Waals surface area contributed by atoms with Gasteiger partial charge in [0.1, 0.15) is 5.76 Å². The monoisotopic (exact) mass is 403 g/mol. The predicted octanol–water partition coefficient (Wildman–Crippen LogP) is 5.06. The Morgan fingerprint density at radius 1 is 1.17 bits per heavy atom. The van der Waals surface area contributed by atoms with Gasteiger partial charge >= 0.3 is 0 Å². The number of hydrogen-bond acceptors (Lipinski definition) is 4. The number of benzene rings is 2. The van der Waals surface area contributed by atoms with Gasteiger partial charge in [-0.2, -0.15) is 0 Å². The Balaban J connectivity index is 1.33. The van der Waals surface area contributed by atoms with Crippen molar-refractivity contribution in [3.8, 4) is 11.5 Å². The third-order valence-corrected chi connectivity index (χ3v) is 5.63. The molecule has 1 fully saturated rings. The minimum Gasteiger partial charge on any atom is -0.441 e. The molecule has 1 aromatic heterocycles. The van der Waals surface area contributed by atoms with Gasteiger partial charge in [-0.3, -0.25) is 9.69 Å². The fourth-order valence-electron chi connectivity index (χ4n) is 4.04. The quantitative estimate of drug-likeness (QED) is 0.625. The van der Waals surface area contributed by atoms with E-state index in [4.69, 9.17) is 4.42 Å². The Kier molecular flexibility index (Phi) is 6.29. The van der Waals surface area contributed by atoms with Crippen LogP contribution in [0.3, 0.4) is 0 Å². The van der Waals surface area contributed by atoms with Crippen LogP contribution in [0.1, 0.15) is 36.8 Å². The summed E-state index contributed by atoms with van der Waals surface area (Å²) in [5.74, 6) is 1.91. The number of nitrogens with zero attached hydrogens (tertiary/aromatic N) is 2. The Morgan fingerprint density at radius 3 is 2.67 bits per heavy atom. The molecule has 4 rings (SSSR count). The molecule has 0 bridgehead atoms. The summed E-state index contributed by atoms with van der Waals surface area (Å²) in [4.78, 5) is 19.5. The number of nitrogens with one attached hydrogen (secondary N) is 1. The molecular formula is C25H29N3O2. The topological polar surface area (TPSA) is 58.4 Å². The van der Waals surface area contributed by atoms with E-state index in [0.29, 0.717) is 17.3 Å². The van der Waals surface area contributed by atoms with Crippen LogP contribution < -0.4 is 5.32 Å². The first-order valence-corrected chi connectivity index (χ1v) is 10.7. The predicted molar refractivity (Wildman–Crippen MR) is 119 cm³/mol. The summed E-state index contributed by atoms with van der Waals surface area (Å²) >= 11 is 0. The van der Waals surface area contributed by atoms with E-state index in [2.05, 4.69) is 34.3 Å². The zero-order valence-corrected chi connectivity index (χ0v) is 17.7. The summed E-state index contributed by atoms with van der Waals surface area (Å²) in [6, 6.07) is 17.9. The van der Waals surface area contributed by atoms with Crippen LogP contribution in [-0.2, 0) is 17.8 Å². The van der Waals surface area contributed by atoms with Crippen molar-refractivity contribution in [1.29, 1.82) is 0 Å². The highest BCUT2D eigenvalue weighted by Crippen LogP contribution is 2.22. The number of carbonyl (C=O) groups is 1. The Hall–Kier alpha value is -2.92. The standard InChI is InChI=1S/C25H29N3O2/c1-18-7-6-14-28(16-18)17-20-10-12-22(13-11-20)26-24(29)15-23-19(2)30-25(27-23)21-8-4-3-5-9-21/h3-5,8-13,18H,6-7,14-17H2,1-2H3,(H,26,29)/t18-/m0/s1. The second kappa shape index (κ2) is 9.26. The second-order valence-electron chi connectivity index (χ2n) is 8.29. The van der Waals surface area contributed by atoms with Crippen LogP contribution in [0.4, 0.5) is 5.69 Å². The van der Waals surface area contributed by atoms with Crippen LogP contribution in [0.15, 0.2) is 59.0 Å². The lowest BCUT2D eigenvalue weighted by Gasteiger charge is -2.30. The summed E-state index contributed by atoms with van der Waals surface area (Å²) in [5.41, 5.74) is 3.66. The molecule has 1 aliphatic heterocycles. The molecule has 1 N–H and O–H groups in total. The van der Waals surface area contributed by atoms with Gasteiger partial charge in [0.05, 0.1) is 12.1 Å². The van der Waals surface area contributed by atoms with Crippen molar-refractivity contribution in [3.05, 3.63) is 71.6 Å². The molecule has 3 aromatic rings. The van der Waals surface area contributed by atoms with E-state index in [1.165, 1.54) is 31.5 Å². The van der Waals surface area contributed by atoms with Crippen LogP contribution in [0.25, 0.3) is 11.5 Å². The van der Waals surface area contributed by atoms with Crippen molar-refractivity contribution in [1.82, 2.24) is 9.88 Å². The molecule has 0 spiro atoms. The number of aromatic nitrogens is 1. The number of piperidine rings is 1. The van der Waals surface area contributed by atoms with Crippen LogP contribution in [-0.4, -0.2) is 28.9 Å². The Labute approximate surface area is 178 Å². The van der Waals surface area contributed by atoms with E-state index in [1.807, 2.05) is 49.4 Å².